The number of nitrogens with two attached hydrogens (primary N) is 1. The number of carbonyl (C=O) groups excluding carboxylic acids is 1. The van der Waals surface area contributed by atoms with Crippen molar-refractivity contribution in [1.29, 1.82) is 0 Å². The number of amides is 1. The molecule has 3 heteroatoms. The van der Waals surface area contributed by atoms with E-state index in [1.54, 1.807) is 38.1 Å². The van der Waals surface area contributed by atoms with E-state index in [1.807, 2.05) is 6.07 Å². The van der Waals surface area contributed by atoms with Crippen molar-refractivity contribution in [3.05, 3.63) is 35.9 Å². The van der Waals surface area contributed by atoms with E-state index in [4.69, 9.17) is 12.3 Å². The van der Waals surface area contributed by atoms with Crippen molar-refractivity contribution in [3.63, 3.8) is 0 Å². The van der Waals surface area contributed by atoms with Crippen LogP contribution in [0.3, 0.4) is 0 Å². The lowest BCUT2D eigenvalue weighted by Gasteiger charge is -2.29. The maximum atomic E-state index is 11.9. The number of benzene rings is 1. The molecule has 3 nitrogen and oxygen atoms in total. The molecule has 0 saturated carbocycles. The molecule has 1 aromatic rings. The number of hydrazine groups is 1. The smallest absolute Gasteiger partial charge is 0.268 e. The van der Waals surface area contributed by atoms with Crippen LogP contribution in [0.2, 0.25) is 0 Å². The second kappa shape index (κ2) is 4.16. The molecule has 0 spiro atoms. The van der Waals surface area contributed by atoms with Gasteiger partial charge in [-0.05, 0) is 26.0 Å². The largest absolute Gasteiger partial charge is 0.269 e. The van der Waals surface area contributed by atoms with Crippen molar-refractivity contribution >= 4 is 5.91 Å². The van der Waals surface area contributed by atoms with E-state index in [-0.39, 0.29) is 5.91 Å². The lowest BCUT2D eigenvalue weighted by Crippen LogP contribution is -2.51. The van der Waals surface area contributed by atoms with E-state index in [2.05, 4.69) is 5.92 Å². The van der Waals surface area contributed by atoms with Crippen molar-refractivity contribution in [2.24, 2.45) is 5.84 Å². The maximum Gasteiger partial charge on any atom is 0.269 e. The van der Waals surface area contributed by atoms with Gasteiger partial charge in [-0.15, -0.1) is 6.42 Å². The molecule has 1 aromatic carbocycles. The van der Waals surface area contributed by atoms with Gasteiger partial charge in [-0.25, -0.2) is 5.84 Å². The van der Waals surface area contributed by atoms with Crippen LogP contribution in [-0.2, 0) is 0 Å². The highest BCUT2D eigenvalue weighted by molar-refractivity contribution is 5.94. The SMILES string of the molecule is C#CC(C)(C)N(N)C(=O)c1ccccc1. The van der Waals surface area contributed by atoms with Gasteiger partial charge in [0.25, 0.3) is 5.91 Å². The molecule has 0 aromatic heterocycles. The van der Waals surface area contributed by atoms with Crippen LogP contribution in [0.15, 0.2) is 30.3 Å². The minimum absolute atomic E-state index is 0.279. The van der Waals surface area contributed by atoms with Crippen molar-refractivity contribution < 1.29 is 4.79 Å². The predicted molar refractivity (Wildman–Crippen MR) is 59.7 cm³/mol. The second-order valence-corrected chi connectivity index (χ2v) is 3.74. The fourth-order valence-corrected chi connectivity index (χ4v) is 1.04. The third-order valence-electron chi connectivity index (χ3n) is 2.20. The molecule has 0 saturated heterocycles. The third-order valence-corrected chi connectivity index (χ3v) is 2.20. The van der Waals surface area contributed by atoms with Gasteiger partial charge in [0.1, 0.15) is 5.54 Å². The summed E-state index contributed by atoms with van der Waals surface area (Å²) >= 11 is 0. The molecular formula is C12H14N2O. The molecular weight excluding hydrogens is 188 g/mol. The van der Waals surface area contributed by atoms with E-state index >= 15 is 0 Å². The highest BCUT2D eigenvalue weighted by Gasteiger charge is 2.26. The van der Waals surface area contributed by atoms with E-state index in [1.165, 1.54) is 0 Å². The van der Waals surface area contributed by atoms with E-state index < -0.39 is 5.54 Å². The molecule has 0 atom stereocenters. The first-order chi connectivity index (χ1) is 6.99. The van der Waals surface area contributed by atoms with Crippen LogP contribution in [-0.4, -0.2) is 16.5 Å². The molecule has 0 aliphatic rings. The summed E-state index contributed by atoms with van der Waals surface area (Å²) in [5.41, 5.74) is -0.254. The van der Waals surface area contributed by atoms with Gasteiger partial charge in [0.15, 0.2) is 0 Å². The Balaban J connectivity index is 2.93. The van der Waals surface area contributed by atoms with E-state index in [9.17, 15) is 4.79 Å². The molecule has 1 rings (SSSR count). The predicted octanol–water partition coefficient (Wildman–Crippen LogP) is 1.41. The van der Waals surface area contributed by atoms with Gasteiger partial charge in [-0.2, -0.15) is 0 Å². The van der Waals surface area contributed by atoms with Crippen molar-refractivity contribution in [3.8, 4) is 12.3 Å². The molecule has 78 valence electrons. The van der Waals surface area contributed by atoms with Gasteiger partial charge in [0, 0.05) is 5.56 Å². The highest BCUT2D eigenvalue weighted by atomic mass is 16.2. The average molecular weight is 202 g/mol. The lowest BCUT2D eigenvalue weighted by molar-refractivity contribution is 0.0638. The molecule has 2 N–H and O–H groups in total. The summed E-state index contributed by atoms with van der Waals surface area (Å²) in [4.78, 5) is 11.9. The summed E-state index contributed by atoms with van der Waals surface area (Å²) in [6, 6.07) is 8.81. The second-order valence-electron chi connectivity index (χ2n) is 3.74. The molecule has 0 fully saturated rings. The Morgan fingerprint density at radius 3 is 2.40 bits per heavy atom. The Kier molecular flexibility index (Phi) is 3.13. The van der Waals surface area contributed by atoms with Crippen molar-refractivity contribution in [1.82, 2.24) is 5.01 Å². The summed E-state index contributed by atoms with van der Waals surface area (Å²) in [7, 11) is 0. The minimum atomic E-state index is -0.785. The van der Waals surface area contributed by atoms with Gasteiger partial charge in [0.05, 0.1) is 0 Å². The molecule has 0 aliphatic carbocycles. The zero-order chi connectivity index (χ0) is 11.5. The van der Waals surface area contributed by atoms with Gasteiger partial charge in [0.2, 0.25) is 0 Å². The summed E-state index contributed by atoms with van der Waals surface area (Å²) in [5, 5.41) is 1.07. The monoisotopic (exact) mass is 202 g/mol. The van der Waals surface area contributed by atoms with Gasteiger partial charge in [-0.1, -0.05) is 24.1 Å². The number of nitrogens with zero attached hydrogens (tertiary/aromatic N) is 1. The Morgan fingerprint density at radius 1 is 1.40 bits per heavy atom. The van der Waals surface area contributed by atoms with Crippen LogP contribution in [0.5, 0.6) is 0 Å². The minimum Gasteiger partial charge on any atom is -0.268 e. The molecule has 0 aliphatic heterocycles. The van der Waals surface area contributed by atoms with E-state index in [0.29, 0.717) is 5.56 Å². The lowest BCUT2D eigenvalue weighted by atomic mass is 10.1. The molecule has 15 heavy (non-hydrogen) atoms. The first-order valence-corrected chi connectivity index (χ1v) is 4.61. The van der Waals surface area contributed by atoms with Crippen LogP contribution in [0, 0.1) is 12.3 Å². The average Bonchev–Trinajstić information content (AvgIpc) is 2.28. The normalized spacial score (nSPS) is 10.5. The Bertz CT molecular complexity index is 390. The quantitative estimate of drug-likeness (QED) is 0.341. The van der Waals surface area contributed by atoms with Gasteiger partial charge in [-0.3, -0.25) is 9.80 Å². The van der Waals surface area contributed by atoms with Crippen LogP contribution in [0.1, 0.15) is 24.2 Å². The van der Waals surface area contributed by atoms with Crippen LogP contribution < -0.4 is 5.84 Å². The Morgan fingerprint density at radius 2 is 1.93 bits per heavy atom. The molecule has 1 amide bonds. The number of terminal acetylenes is 1. The van der Waals surface area contributed by atoms with Crippen LogP contribution in [0.4, 0.5) is 0 Å². The molecule has 0 unspecified atom stereocenters. The maximum absolute atomic E-state index is 11.9. The Labute approximate surface area is 89.9 Å². The van der Waals surface area contributed by atoms with Gasteiger partial charge < -0.3 is 0 Å². The topological polar surface area (TPSA) is 46.3 Å². The molecule has 0 radical (unpaired) electrons. The Hall–Kier alpha value is -1.79. The standard InChI is InChI=1S/C12H14N2O/c1-4-12(2,3)14(13)11(15)10-8-6-5-7-9-10/h1,5-9H,13H2,2-3H3. The first-order valence-electron chi connectivity index (χ1n) is 4.61. The zero-order valence-corrected chi connectivity index (χ0v) is 8.90. The summed E-state index contributed by atoms with van der Waals surface area (Å²) in [5.74, 6) is 7.87. The third kappa shape index (κ3) is 2.36. The fraction of sp³-hybridized carbons (Fsp3) is 0.250. The summed E-state index contributed by atoms with van der Waals surface area (Å²) in [6.07, 6.45) is 5.30. The summed E-state index contributed by atoms with van der Waals surface area (Å²) in [6.45, 7) is 3.43. The summed E-state index contributed by atoms with van der Waals surface area (Å²) < 4.78 is 0. The van der Waals surface area contributed by atoms with Crippen LogP contribution >= 0.6 is 0 Å². The number of hydrogen-bond acceptors (Lipinski definition) is 2. The number of carbonyl (C=O) groups is 1. The van der Waals surface area contributed by atoms with E-state index in [0.717, 1.165) is 5.01 Å². The molecule has 0 heterocycles. The van der Waals surface area contributed by atoms with Crippen molar-refractivity contribution in [2.45, 2.75) is 19.4 Å². The highest BCUT2D eigenvalue weighted by Crippen LogP contribution is 2.12. The van der Waals surface area contributed by atoms with Crippen LogP contribution in [0.25, 0.3) is 0 Å². The van der Waals surface area contributed by atoms with Gasteiger partial charge >= 0.3 is 0 Å². The zero-order valence-electron chi connectivity index (χ0n) is 8.90. The fourth-order valence-electron chi connectivity index (χ4n) is 1.04. The number of rotatable bonds is 2. The number of hydrogen-bond donors (Lipinski definition) is 1. The van der Waals surface area contributed by atoms with Crippen molar-refractivity contribution in [2.75, 3.05) is 0 Å². The first kappa shape index (κ1) is 11.3. The molecule has 0 bridgehead atoms.